The summed E-state index contributed by atoms with van der Waals surface area (Å²) in [7, 11) is 4.75. The molecule has 0 heterocycles. The average molecular weight is 548 g/mol. The van der Waals surface area contributed by atoms with E-state index in [4.69, 9.17) is 9.47 Å². The van der Waals surface area contributed by atoms with E-state index in [1.807, 2.05) is 18.2 Å². The number of ether oxygens (including phenoxy) is 2. The Kier molecular flexibility index (Phi) is 10.9. The summed E-state index contributed by atoms with van der Waals surface area (Å²) in [5.41, 5.74) is 1.50. The number of likely N-dealkylation sites (N-methyl/N-ethyl adjacent to an activating group) is 1. The maximum Gasteiger partial charge on any atom is 0.323 e. The number of amides is 4. The summed E-state index contributed by atoms with van der Waals surface area (Å²) < 4.78 is 11.3. The van der Waals surface area contributed by atoms with Gasteiger partial charge in [0.05, 0.1) is 18.2 Å². The number of nitrogens with zero attached hydrogens (tertiary/aromatic N) is 2. The highest BCUT2D eigenvalue weighted by molar-refractivity contribution is 6.03. The van der Waals surface area contributed by atoms with E-state index in [0.29, 0.717) is 46.3 Å². The summed E-state index contributed by atoms with van der Waals surface area (Å²) in [5, 5.41) is 8.38. The molecule has 3 aromatic rings. The Morgan fingerprint density at radius 2 is 1.45 bits per heavy atom. The highest BCUT2D eigenvalue weighted by atomic mass is 16.5. The van der Waals surface area contributed by atoms with Crippen molar-refractivity contribution in [3.05, 3.63) is 77.9 Å². The van der Waals surface area contributed by atoms with Gasteiger partial charge >= 0.3 is 6.03 Å². The number of rotatable bonds is 12. The fraction of sp³-hybridized carbons (Fsp3) is 0.300. The molecule has 0 unspecified atom stereocenters. The van der Waals surface area contributed by atoms with Crippen LogP contribution in [0.1, 0.15) is 34.6 Å². The lowest BCUT2D eigenvalue weighted by molar-refractivity contribution is 0.0824. The van der Waals surface area contributed by atoms with Gasteiger partial charge in [0.15, 0.2) is 0 Å². The third kappa shape index (κ3) is 8.21. The molecule has 0 bridgehead atoms. The van der Waals surface area contributed by atoms with Crippen LogP contribution in [0.15, 0.2) is 66.7 Å². The molecule has 4 amide bonds. The minimum absolute atomic E-state index is 0.254. The monoisotopic (exact) mass is 547 g/mol. The van der Waals surface area contributed by atoms with Crippen LogP contribution in [0, 0.1) is 0 Å². The number of anilines is 2. The molecule has 0 aliphatic carbocycles. The van der Waals surface area contributed by atoms with Gasteiger partial charge in [0.1, 0.15) is 17.2 Å². The van der Waals surface area contributed by atoms with Crippen molar-refractivity contribution < 1.29 is 23.9 Å². The summed E-state index contributed by atoms with van der Waals surface area (Å²) in [6.45, 7) is 7.25. The number of hydrogen-bond donors (Lipinski definition) is 3. The van der Waals surface area contributed by atoms with E-state index in [0.717, 1.165) is 19.6 Å². The predicted octanol–water partition coefficient (Wildman–Crippen LogP) is 4.90. The van der Waals surface area contributed by atoms with Crippen molar-refractivity contribution in [3.63, 3.8) is 0 Å². The zero-order chi connectivity index (χ0) is 29.1. The van der Waals surface area contributed by atoms with E-state index >= 15 is 0 Å². The van der Waals surface area contributed by atoms with Gasteiger partial charge in [-0.2, -0.15) is 0 Å². The van der Waals surface area contributed by atoms with Crippen LogP contribution in [0.2, 0.25) is 0 Å². The predicted molar refractivity (Wildman–Crippen MR) is 157 cm³/mol. The molecule has 0 aliphatic rings. The molecular weight excluding hydrogens is 510 g/mol. The Labute approximate surface area is 235 Å². The van der Waals surface area contributed by atoms with E-state index in [2.05, 4.69) is 34.7 Å². The Morgan fingerprint density at radius 1 is 0.800 bits per heavy atom. The maximum atomic E-state index is 12.8. The summed E-state index contributed by atoms with van der Waals surface area (Å²) >= 11 is 0. The molecule has 0 radical (unpaired) electrons. The summed E-state index contributed by atoms with van der Waals surface area (Å²) in [4.78, 5) is 42.0. The third-order valence-electron chi connectivity index (χ3n) is 6.16. The molecule has 10 nitrogen and oxygen atoms in total. The first-order valence-corrected chi connectivity index (χ1v) is 13.1. The quantitative estimate of drug-likeness (QED) is 0.297. The SMILES string of the molecule is CCN(CC)CCNC(=O)c1ccc(NC(=O)Nc2ccc(Oc3ccccc3)c(C(=O)N(C)C)c2)cc1OC. The van der Waals surface area contributed by atoms with Gasteiger partial charge in [-0.3, -0.25) is 9.59 Å². The lowest BCUT2D eigenvalue weighted by Crippen LogP contribution is -2.34. The summed E-state index contributed by atoms with van der Waals surface area (Å²) in [5.74, 6) is 0.760. The van der Waals surface area contributed by atoms with Crippen LogP contribution in [0.25, 0.3) is 0 Å². The molecule has 3 N–H and O–H groups in total. The van der Waals surface area contributed by atoms with Crippen molar-refractivity contribution in [3.8, 4) is 17.2 Å². The average Bonchev–Trinajstić information content (AvgIpc) is 2.96. The highest BCUT2D eigenvalue weighted by Gasteiger charge is 2.18. The number of nitrogens with one attached hydrogen (secondary N) is 3. The minimum atomic E-state index is -0.529. The second-order valence-electron chi connectivity index (χ2n) is 9.10. The Hall–Kier alpha value is -4.57. The minimum Gasteiger partial charge on any atom is -0.496 e. The van der Waals surface area contributed by atoms with Gasteiger partial charge in [-0.25, -0.2) is 4.79 Å². The fourth-order valence-corrected chi connectivity index (χ4v) is 3.93. The maximum absolute atomic E-state index is 12.8. The Morgan fingerprint density at radius 3 is 2.08 bits per heavy atom. The topological polar surface area (TPSA) is 112 Å². The summed E-state index contributed by atoms with van der Waals surface area (Å²) in [6.07, 6.45) is 0. The molecule has 0 spiro atoms. The summed E-state index contributed by atoms with van der Waals surface area (Å²) in [6, 6.07) is 18.3. The third-order valence-corrected chi connectivity index (χ3v) is 6.16. The van der Waals surface area contributed by atoms with Crippen molar-refractivity contribution >= 4 is 29.2 Å². The number of benzene rings is 3. The molecule has 0 aliphatic heterocycles. The molecule has 212 valence electrons. The van der Waals surface area contributed by atoms with Crippen molar-refractivity contribution in [2.24, 2.45) is 0 Å². The van der Waals surface area contributed by atoms with Gasteiger partial charge in [0, 0.05) is 44.6 Å². The molecular formula is C30H37N5O5. The standard InChI is InChI=1S/C30H37N5O5/c1-6-35(7-2)18-17-31-28(36)24-15-13-22(20-27(24)39-5)33-30(38)32-21-14-16-26(25(19-21)29(37)34(3)4)40-23-11-9-8-10-12-23/h8-16,19-20H,6-7,17-18H2,1-5H3,(H,31,36)(H2,32,33,38). The van der Waals surface area contributed by atoms with Gasteiger partial charge in [0.25, 0.3) is 11.8 Å². The number of hydrogen-bond acceptors (Lipinski definition) is 6. The normalized spacial score (nSPS) is 10.6. The number of methoxy groups -OCH3 is 1. The lowest BCUT2D eigenvalue weighted by atomic mass is 10.1. The second-order valence-corrected chi connectivity index (χ2v) is 9.10. The number of para-hydroxylation sites is 1. The molecule has 3 rings (SSSR count). The van der Waals surface area contributed by atoms with E-state index in [-0.39, 0.29) is 11.8 Å². The molecule has 3 aromatic carbocycles. The zero-order valence-corrected chi connectivity index (χ0v) is 23.6. The van der Waals surface area contributed by atoms with Crippen LogP contribution in [0.5, 0.6) is 17.2 Å². The van der Waals surface area contributed by atoms with Gasteiger partial charge in [0.2, 0.25) is 0 Å². The molecule has 10 heteroatoms. The van der Waals surface area contributed by atoms with E-state index in [9.17, 15) is 14.4 Å². The van der Waals surface area contributed by atoms with Crippen LogP contribution in [-0.4, -0.2) is 75.0 Å². The van der Waals surface area contributed by atoms with Crippen LogP contribution in [0.4, 0.5) is 16.2 Å². The molecule has 0 atom stereocenters. The number of carbonyl (C=O) groups excluding carboxylic acids is 3. The van der Waals surface area contributed by atoms with Crippen LogP contribution in [0.3, 0.4) is 0 Å². The van der Waals surface area contributed by atoms with Crippen molar-refractivity contribution in [2.75, 3.05) is 58.0 Å². The van der Waals surface area contributed by atoms with Gasteiger partial charge in [-0.1, -0.05) is 32.0 Å². The number of carbonyl (C=O) groups is 3. The first-order chi connectivity index (χ1) is 19.2. The van der Waals surface area contributed by atoms with Crippen LogP contribution < -0.4 is 25.4 Å². The van der Waals surface area contributed by atoms with Crippen molar-refractivity contribution in [2.45, 2.75) is 13.8 Å². The van der Waals surface area contributed by atoms with Crippen molar-refractivity contribution in [1.29, 1.82) is 0 Å². The molecule has 0 aromatic heterocycles. The first-order valence-electron chi connectivity index (χ1n) is 13.1. The van der Waals surface area contributed by atoms with E-state index < -0.39 is 6.03 Å². The van der Waals surface area contributed by atoms with Crippen molar-refractivity contribution in [1.82, 2.24) is 15.1 Å². The smallest absolute Gasteiger partial charge is 0.323 e. The highest BCUT2D eigenvalue weighted by Crippen LogP contribution is 2.29. The fourth-order valence-electron chi connectivity index (χ4n) is 3.93. The zero-order valence-electron chi connectivity index (χ0n) is 23.6. The molecule has 0 saturated carbocycles. The second kappa shape index (κ2) is 14.5. The first kappa shape index (κ1) is 30.0. The van der Waals surface area contributed by atoms with Gasteiger partial charge in [-0.05, 0) is 55.6 Å². The molecule has 0 fully saturated rings. The Balaban J connectivity index is 1.69. The number of urea groups is 1. The Bertz CT molecular complexity index is 1310. The van der Waals surface area contributed by atoms with Crippen LogP contribution >= 0.6 is 0 Å². The van der Waals surface area contributed by atoms with E-state index in [1.54, 1.807) is 62.6 Å². The molecule has 40 heavy (non-hydrogen) atoms. The molecule has 0 saturated heterocycles. The van der Waals surface area contributed by atoms with Gasteiger partial charge in [-0.15, -0.1) is 0 Å². The van der Waals surface area contributed by atoms with Crippen LogP contribution in [-0.2, 0) is 0 Å². The van der Waals surface area contributed by atoms with E-state index in [1.165, 1.54) is 12.0 Å². The lowest BCUT2D eigenvalue weighted by Gasteiger charge is -2.18. The largest absolute Gasteiger partial charge is 0.496 e. The van der Waals surface area contributed by atoms with Gasteiger partial charge < -0.3 is 35.2 Å².